The van der Waals surface area contributed by atoms with Gasteiger partial charge in [0.2, 0.25) is 0 Å². The number of fused-ring (bicyclic) bond motifs is 3. The molecular formula is C22H21NS2. The van der Waals surface area contributed by atoms with Crippen molar-refractivity contribution >= 4 is 34.9 Å². The summed E-state index contributed by atoms with van der Waals surface area (Å²) in [7, 11) is 0. The maximum atomic E-state index is 2.45. The van der Waals surface area contributed by atoms with Crippen molar-refractivity contribution in [3.05, 3.63) is 71.8 Å². The topological polar surface area (TPSA) is 3.24 Å². The fourth-order valence-electron chi connectivity index (χ4n) is 3.16. The summed E-state index contributed by atoms with van der Waals surface area (Å²) in [6.07, 6.45) is 0. The normalized spacial score (nSPS) is 13.2. The first-order chi connectivity index (χ1) is 12.2. The number of rotatable bonds is 1. The van der Waals surface area contributed by atoms with Gasteiger partial charge in [0.05, 0.1) is 11.4 Å². The minimum atomic E-state index is 0.948. The molecule has 126 valence electrons. The Balaban J connectivity index is 2.02. The molecule has 0 spiro atoms. The van der Waals surface area contributed by atoms with Gasteiger partial charge in [-0.25, -0.2) is 0 Å². The van der Waals surface area contributed by atoms with Crippen LogP contribution in [-0.4, -0.2) is 6.54 Å². The van der Waals surface area contributed by atoms with Crippen molar-refractivity contribution < 1.29 is 0 Å². The molecule has 1 aliphatic heterocycles. The van der Waals surface area contributed by atoms with Crippen LogP contribution in [0.2, 0.25) is 0 Å². The molecule has 0 atom stereocenters. The Morgan fingerprint density at radius 3 is 1.92 bits per heavy atom. The van der Waals surface area contributed by atoms with Gasteiger partial charge < -0.3 is 4.90 Å². The van der Waals surface area contributed by atoms with Gasteiger partial charge in [-0.05, 0) is 68.3 Å². The van der Waals surface area contributed by atoms with E-state index < -0.39 is 0 Å². The molecule has 0 unspecified atom stereocenters. The summed E-state index contributed by atoms with van der Waals surface area (Å²) < 4.78 is 0. The average Bonchev–Trinajstić information content (AvgIpc) is 2.67. The first kappa shape index (κ1) is 16.6. The molecule has 0 aliphatic carbocycles. The number of nitrogens with zero attached hydrogens (tertiary/aromatic N) is 1. The lowest BCUT2D eigenvalue weighted by atomic mass is 10.1. The van der Waals surface area contributed by atoms with E-state index in [1.807, 2.05) is 23.5 Å². The molecule has 4 rings (SSSR count). The van der Waals surface area contributed by atoms with E-state index in [1.165, 1.54) is 42.1 Å². The van der Waals surface area contributed by atoms with Crippen molar-refractivity contribution in [3.8, 4) is 0 Å². The Bertz CT molecular complexity index is 933. The molecule has 0 radical (unpaired) electrons. The molecule has 0 saturated carbocycles. The Kier molecular flexibility index (Phi) is 4.53. The Morgan fingerprint density at radius 1 is 0.680 bits per heavy atom. The van der Waals surface area contributed by atoms with E-state index in [9.17, 15) is 0 Å². The van der Waals surface area contributed by atoms with Gasteiger partial charge in [0.25, 0.3) is 0 Å². The first-order valence-corrected chi connectivity index (χ1v) is 10.2. The monoisotopic (exact) mass is 363 g/mol. The van der Waals surface area contributed by atoms with Crippen LogP contribution in [0.5, 0.6) is 0 Å². The number of hydrogen-bond acceptors (Lipinski definition) is 3. The predicted octanol–water partition coefficient (Wildman–Crippen LogP) is 7.08. The second kappa shape index (κ2) is 6.81. The average molecular weight is 364 g/mol. The van der Waals surface area contributed by atoms with Gasteiger partial charge in [-0.1, -0.05) is 47.8 Å². The SMILES string of the molecule is CCN1c2ccccc2Sc2ccccc2Sc2cc(C)c(C)cc21. The van der Waals surface area contributed by atoms with Gasteiger partial charge >= 0.3 is 0 Å². The van der Waals surface area contributed by atoms with Crippen LogP contribution >= 0.6 is 23.5 Å². The smallest absolute Gasteiger partial charge is 0.0555 e. The zero-order valence-electron chi connectivity index (χ0n) is 14.7. The van der Waals surface area contributed by atoms with Crippen molar-refractivity contribution in [1.29, 1.82) is 0 Å². The number of benzene rings is 3. The second-order valence-corrected chi connectivity index (χ2v) is 8.43. The molecule has 0 amide bonds. The van der Waals surface area contributed by atoms with Gasteiger partial charge in [-0.3, -0.25) is 0 Å². The minimum absolute atomic E-state index is 0.948. The second-order valence-electron chi connectivity index (χ2n) is 6.27. The number of hydrogen-bond donors (Lipinski definition) is 0. The summed E-state index contributed by atoms with van der Waals surface area (Å²) in [6, 6.07) is 22.2. The highest BCUT2D eigenvalue weighted by Gasteiger charge is 2.21. The van der Waals surface area contributed by atoms with Crippen LogP contribution in [0.1, 0.15) is 18.1 Å². The van der Waals surface area contributed by atoms with Crippen molar-refractivity contribution in [2.75, 3.05) is 11.4 Å². The first-order valence-electron chi connectivity index (χ1n) is 8.60. The summed E-state index contributed by atoms with van der Waals surface area (Å²) in [5.74, 6) is 0. The molecule has 0 N–H and O–H groups in total. The molecule has 1 nitrogen and oxygen atoms in total. The Morgan fingerprint density at radius 2 is 1.24 bits per heavy atom. The third-order valence-corrected chi connectivity index (χ3v) is 7.02. The molecule has 0 aromatic heterocycles. The summed E-state index contributed by atoms with van der Waals surface area (Å²) in [5.41, 5.74) is 5.28. The van der Waals surface area contributed by atoms with E-state index in [-0.39, 0.29) is 0 Å². The fourth-order valence-corrected chi connectivity index (χ4v) is 5.45. The zero-order valence-corrected chi connectivity index (χ0v) is 16.4. The summed E-state index contributed by atoms with van der Waals surface area (Å²) >= 11 is 3.75. The van der Waals surface area contributed by atoms with Crippen LogP contribution in [0.15, 0.2) is 80.2 Å². The van der Waals surface area contributed by atoms with E-state index in [0.717, 1.165) is 6.54 Å². The van der Waals surface area contributed by atoms with Crippen LogP contribution in [0.4, 0.5) is 11.4 Å². The van der Waals surface area contributed by atoms with Gasteiger partial charge in [-0.2, -0.15) is 0 Å². The standard InChI is InChI=1S/C22H21NS2/c1-4-23-17-9-5-6-10-19(17)24-20-11-7-8-12-21(20)25-22-14-16(3)15(2)13-18(22)23/h5-14H,4H2,1-3H3. The highest BCUT2D eigenvalue weighted by atomic mass is 32.2. The van der Waals surface area contributed by atoms with Crippen molar-refractivity contribution in [2.45, 2.75) is 40.4 Å². The molecular weight excluding hydrogens is 342 g/mol. The van der Waals surface area contributed by atoms with E-state index >= 15 is 0 Å². The largest absolute Gasteiger partial charge is 0.340 e. The molecule has 3 aromatic rings. The Labute approximate surface area is 158 Å². The van der Waals surface area contributed by atoms with Crippen LogP contribution in [0.25, 0.3) is 0 Å². The number of aryl methyl sites for hydroxylation is 2. The summed E-state index contributed by atoms with van der Waals surface area (Å²) in [6.45, 7) is 7.59. The Hall–Kier alpha value is -1.84. The van der Waals surface area contributed by atoms with E-state index in [1.54, 1.807) is 0 Å². The van der Waals surface area contributed by atoms with E-state index in [4.69, 9.17) is 0 Å². The molecule has 0 saturated heterocycles. The van der Waals surface area contributed by atoms with Crippen LogP contribution in [0.3, 0.4) is 0 Å². The van der Waals surface area contributed by atoms with Crippen molar-refractivity contribution in [1.82, 2.24) is 0 Å². The maximum Gasteiger partial charge on any atom is 0.0555 e. The molecule has 1 aliphatic rings. The molecule has 25 heavy (non-hydrogen) atoms. The maximum absolute atomic E-state index is 2.45. The predicted molar refractivity (Wildman–Crippen MR) is 110 cm³/mol. The van der Waals surface area contributed by atoms with Gasteiger partial charge in [0.15, 0.2) is 0 Å². The highest BCUT2D eigenvalue weighted by Crippen LogP contribution is 2.48. The number of para-hydroxylation sites is 1. The van der Waals surface area contributed by atoms with Gasteiger partial charge in [0, 0.05) is 26.1 Å². The van der Waals surface area contributed by atoms with Crippen molar-refractivity contribution in [3.63, 3.8) is 0 Å². The minimum Gasteiger partial charge on any atom is -0.340 e. The van der Waals surface area contributed by atoms with Crippen LogP contribution in [-0.2, 0) is 0 Å². The molecule has 3 aromatic carbocycles. The summed E-state index contributed by atoms with van der Waals surface area (Å²) in [4.78, 5) is 7.73. The number of anilines is 2. The fraction of sp³-hybridized carbons (Fsp3) is 0.182. The highest BCUT2D eigenvalue weighted by molar-refractivity contribution is 8.02. The van der Waals surface area contributed by atoms with Gasteiger partial charge in [0.1, 0.15) is 0 Å². The van der Waals surface area contributed by atoms with Gasteiger partial charge in [-0.15, -0.1) is 0 Å². The zero-order chi connectivity index (χ0) is 17.4. The third kappa shape index (κ3) is 3.07. The third-order valence-electron chi connectivity index (χ3n) is 4.63. The lowest BCUT2D eigenvalue weighted by molar-refractivity contribution is 0.986. The lowest BCUT2D eigenvalue weighted by Crippen LogP contribution is -2.17. The molecule has 3 heteroatoms. The van der Waals surface area contributed by atoms with Crippen LogP contribution in [0, 0.1) is 13.8 Å². The molecule has 0 bridgehead atoms. The lowest BCUT2D eigenvalue weighted by Gasteiger charge is -2.27. The molecule has 0 fully saturated rings. The molecule has 1 heterocycles. The van der Waals surface area contributed by atoms with E-state index in [0.29, 0.717) is 0 Å². The van der Waals surface area contributed by atoms with E-state index in [2.05, 4.69) is 86.3 Å². The van der Waals surface area contributed by atoms with Crippen molar-refractivity contribution in [2.24, 2.45) is 0 Å². The summed E-state index contributed by atoms with van der Waals surface area (Å²) in [5, 5.41) is 0. The van der Waals surface area contributed by atoms with Crippen LogP contribution < -0.4 is 4.90 Å². The quantitative estimate of drug-likeness (QED) is 0.455.